The zero-order valence-electron chi connectivity index (χ0n) is 22.0. The van der Waals surface area contributed by atoms with E-state index >= 15 is 0 Å². The van der Waals surface area contributed by atoms with E-state index in [1.54, 1.807) is 14.1 Å². The van der Waals surface area contributed by atoms with Crippen molar-refractivity contribution in [1.29, 1.82) is 0 Å². The van der Waals surface area contributed by atoms with Crippen LogP contribution in [0.3, 0.4) is 0 Å². The molecule has 0 heterocycles. The summed E-state index contributed by atoms with van der Waals surface area (Å²) in [7, 11) is 6.18. The van der Waals surface area contributed by atoms with Gasteiger partial charge in [0.05, 0.1) is 29.8 Å². The van der Waals surface area contributed by atoms with Crippen molar-refractivity contribution in [2.75, 3.05) is 40.1 Å². The van der Waals surface area contributed by atoms with Gasteiger partial charge < -0.3 is 26.4 Å². The zero-order valence-corrected chi connectivity index (χ0v) is 22.0. The van der Waals surface area contributed by atoms with E-state index in [0.29, 0.717) is 5.56 Å². The minimum Gasteiger partial charge on any atom is -0.505 e. The third kappa shape index (κ3) is 4.16. The van der Waals surface area contributed by atoms with Crippen molar-refractivity contribution in [3.05, 3.63) is 23.3 Å². The maximum Gasteiger partial charge on any atom is 0.244 e. The molecule has 7 atom stereocenters. The molecular formula is C26H32N4O9. The Labute approximate surface area is 223 Å². The second-order valence-electron chi connectivity index (χ2n) is 10.9. The van der Waals surface area contributed by atoms with Crippen LogP contribution in [0.5, 0.6) is 5.75 Å². The third-order valence-corrected chi connectivity index (χ3v) is 8.29. The van der Waals surface area contributed by atoms with Gasteiger partial charge in [-0.2, -0.15) is 0 Å². The number of amides is 2. The first-order chi connectivity index (χ1) is 18.2. The molecule has 5 unspecified atom stereocenters. The number of nitrogens with one attached hydrogen (secondary N) is 1. The van der Waals surface area contributed by atoms with Crippen LogP contribution >= 0.6 is 0 Å². The Kier molecular flexibility index (Phi) is 7.23. The maximum atomic E-state index is 13.8. The molecule has 4 rings (SSSR count). The number of rotatable bonds is 6. The van der Waals surface area contributed by atoms with Crippen LogP contribution in [-0.4, -0.2) is 113 Å². The molecule has 210 valence electrons. The normalized spacial score (nSPS) is 31.0. The van der Waals surface area contributed by atoms with Crippen molar-refractivity contribution >= 4 is 40.6 Å². The fourth-order valence-corrected chi connectivity index (χ4v) is 6.38. The quantitative estimate of drug-likeness (QED) is 0.190. The summed E-state index contributed by atoms with van der Waals surface area (Å²) in [5.74, 6) is -12.1. The number of aliphatic hydroxyl groups excluding tert-OH is 1. The summed E-state index contributed by atoms with van der Waals surface area (Å²) in [4.78, 5) is 81.4. The first-order valence-electron chi connectivity index (χ1n) is 12.5. The van der Waals surface area contributed by atoms with Gasteiger partial charge in [0.25, 0.3) is 0 Å². The number of likely N-dealkylation sites (N-methyl/N-ethyl adjacent to an activating group) is 2. The second kappa shape index (κ2) is 9.90. The molecule has 0 bridgehead atoms. The number of fused-ring (bicyclic) bond motifs is 3. The van der Waals surface area contributed by atoms with Crippen LogP contribution in [0.2, 0.25) is 0 Å². The summed E-state index contributed by atoms with van der Waals surface area (Å²) >= 11 is 0. The number of phenolic OH excluding ortho intramolecular Hbond substituents is 1. The number of benzene rings is 1. The number of nitrogens with two attached hydrogens (primary N) is 1. The van der Waals surface area contributed by atoms with Crippen molar-refractivity contribution in [3.8, 4) is 5.75 Å². The summed E-state index contributed by atoms with van der Waals surface area (Å²) in [6, 6.07) is 0.818. The van der Waals surface area contributed by atoms with Gasteiger partial charge in [0.15, 0.2) is 34.7 Å². The van der Waals surface area contributed by atoms with Gasteiger partial charge in [-0.15, -0.1) is 0 Å². The number of carbonyl (C=O) groups excluding carboxylic acids is 6. The van der Waals surface area contributed by atoms with E-state index in [-0.39, 0.29) is 24.1 Å². The molecule has 1 aromatic carbocycles. The highest BCUT2D eigenvalue weighted by Gasteiger charge is 2.69. The molecule has 0 saturated heterocycles. The lowest BCUT2D eigenvalue weighted by molar-refractivity contribution is -0.181. The van der Waals surface area contributed by atoms with Crippen LogP contribution in [0.25, 0.3) is 0 Å². The summed E-state index contributed by atoms with van der Waals surface area (Å²) in [5, 5.41) is 34.5. The van der Waals surface area contributed by atoms with E-state index in [9.17, 15) is 44.1 Å². The highest BCUT2D eigenvalue weighted by molar-refractivity contribution is 6.32. The van der Waals surface area contributed by atoms with Gasteiger partial charge >= 0.3 is 0 Å². The molecule has 2 fully saturated rings. The van der Waals surface area contributed by atoms with Gasteiger partial charge in [0.2, 0.25) is 11.8 Å². The fourth-order valence-electron chi connectivity index (χ4n) is 6.38. The molecule has 3 aliphatic rings. The highest BCUT2D eigenvalue weighted by atomic mass is 16.3. The Morgan fingerprint density at radius 2 is 1.77 bits per heavy atom. The van der Waals surface area contributed by atoms with Crippen LogP contribution in [-0.2, 0) is 30.4 Å². The fraction of sp³-hybridized carbons (Fsp3) is 0.538. The monoisotopic (exact) mass is 544 g/mol. The average Bonchev–Trinajstić information content (AvgIpc) is 2.83. The molecule has 3 aliphatic carbocycles. The minimum absolute atomic E-state index is 0.0514. The topological polar surface area (TPSA) is 208 Å². The van der Waals surface area contributed by atoms with E-state index in [2.05, 4.69) is 5.32 Å². The number of aliphatic hydroxyl groups is 2. The Bertz CT molecular complexity index is 1290. The summed E-state index contributed by atoms with van der Waals surface area (Å²) < 4.78 is 0. The number of carbonyl (C=O) groups is 6. The lowest BCUT2D eigenvalue weighted by Gasteiger charge is -2.52. The van der Waals surface area contributed by atoms with E-state index in [1.807, 2.05) is 0 Å². The van der Waals surface area contributed by atoms with E-state index < -0.39 is 88.7 Å². The number of phenols is 1. The molecule has 0 radical (unpaired) electrons. The number of hydrogen-bond acceptors (Lipinski definition) is 11. The van der Waals surface area contributed by atoms with Crippen LogP contribution in [0.4, 0.5) is 5.69 Å². The number of anilines is 1. The van der Waals surface area contributed by atoms with Gasteiger partial charge in [0.1, 0.15) is 11.8 Å². The van der Waals surface area contributed by atoms with Crippen LogP contribution < -0.4 is 11.1 Å². The lowest BCUT2D eigenvalue weighted by atomic mass is 9.52. The molecule has 0 aliphatic heterocycles. The van der Waals surface area contributed by atoms with Crippen molar-refractivity contribution in [2.24, 2.45) is 29.4 Å². The molecule has 6 N–H and O–H groups in total. The summed E-state index contributed by atoms with van der Waals surface area (Å²) in [6.45, 7) is -0.502. The summed E-state index contributed by atoms with van der Waals surface area (Å²) in [5.41, 5.74) is 2.55. The first-order valence-corrected chi connectivity index (χ1v) is 12.5. The molecule has 0 spiro atoms. The second-order valence-corrected chi connectivity index (χ2v) is 10.9. The highest BCUT2D eigenvalue weighted by Crippen LogP contribution is 2.51. The molecule has 39 heavy (non-hydrogen) atoms. The SMILES string of the molecule is CN(C)C(CO)C(=O)Nc1ccc2c(c1O)C(=O)C1C(=O)[C@]3(O)C(=O)C(C(N)=O)C(=O)[C@@H](N(C)C)C3CC1C2. The average molecular weight is 545 g/mol. The zero-order chi connectivity index (χ0) is 29.1. The summed E-state index contributed by atoms with van der Waals surface area (Å²) in [6.07, 6.45) is 0.0642. The number of aromatic hydroxyl groups is 1. The van der Waals surface area contributed by atoms with Crippen molar-refractivity contribution in [1.82, 2.24) is 9.80 Å². The van der Waals surface area contributed by atoms with Gasteiger partial charge in [-0.05, 0) is 58.6 Å². The number of nitrogens with zero attached hydrogens (tertiary/aromatic N) is 2. The molecular weight excluding hydrogens is 512 g/mol. The molecule has 1 aromatic rings. The minimum atomic E-state index is -2.81. The van der Waals surface area contributed by atoms with Gasteiger partial charge in [0, 0.05) is 5.92 Å². The predicted molar refractivity (Wildman–Crippen MR) is 135 cm³/mol. The molecule has 0 aromatic heterocycles. The number of Topliss-reactive ketones (excluding diaryl/α,β-unsaturated/α-hetero) is 4. The predicted octanol–water partition coefficient (Wildman–Crippen LogP) is -2.27. The van der Waals surface area contributed by atoms with E-state index in [4.69, 9.17) is 5.73 Å². The van der Waals surface area contributed by atoms with E-state index in [1.165, 1.54) is 36.0 Å². The largest absolute Gasteiger partial charge is 0.505 e. The van der Waals surface area contributed by atoms with Crippen LogP contribution in [0.15, 0.2) is 12.1 Å². The Balaban J connectivity index is 1.76. The smallest absolute Gasteiger partial charge is 0.244 e. The number of ketones is 4. The third-order valence-electron chi connectivity index (χ3n) is 8.29. The van der Waals surface area contributed by atoms with Gasteiger partial charge in [-0.25, -0.2) is 0 Å². The Morgan fingerprint density at radius 1 is 1.13 bits per heavy atom. The molecule has 13 nitrogen and oxygen atoms in total. The Morgan fingerprint density at radius 3 is 2.31 bits per heavy atom. The standard InChI is InChI=1S/C26H32N4O9/c1-29(2)14(9-31)25(38)28-13-6-5-10-7-11-8-12-18(30(3)4)21(34)17(24(27)37)23(36)26(12,39)22(35)16(11)20(33)15(10)19(13)32/h5-6,11-12,14,16-18,31-32,39H,7-9H2,1-4H3,(H2,27,37)(H,28,38)/t11?,12?,14?,16?,17?,18-,26-/m0/s1. The lowest BCUT2D eigenvalue weighted by Crippen LogP contribution is -2.74. The first kappa shape index (κ1) is 28.5. The van der Waals surface area contributed by atoms with Crippen LogP contribution in [0, 0.1) is 23.7 Å². The number of hydrogen-bond donors (Lipinski definition) is 5. The van der Waals surface area contributed by atoms with E-state index in [0.717, 1.165) is 0 Å². The van der Waals surface area contributed by atoms with Crippen molar-refractivity contribution in [3.63, 3.8) is 0 Å². The molecule has 2 saturated carbocycles. The van der Waals surface area contributed by atoms with Crippen molar-refractivity contribution in [2.45, 2.75) is 30.5 Å². The van der Waals surface area contributed by atoms with Gasteiger partial charge in [-0.3, -0.25) is 38.6 Å². The molecule has 13 heteroatoms. The maximum absolute atomic E-state index is 13.8. The number of primary amides is 1. The van der Waals surface area contributed by atoms with Gasteiger partial charge in [-0.1, -0.05) is 6.07 Å². The molecule has 2 amide bonds. The van der Waals surface area contributed by atoms with Crippen LogP contribution in [0.1, 0.15) is 22.3 Å². The Hall–Kier alpha value is -3.52. The van der Waals surface area contributed by atoms with Crippen molar-refractivity contribution < 1.29 is 44.1 Å².